The highest BCUT2D eigenvalue weighted by Crippen LogP contribution is 2.20. The first-order chi connectivity index (χ1) is 26.6. The molecule has 0 aromatic rings. The summed E-state index contributed by atoms with van der Waals surface area (Å²) in [5.41, 5.74) is 0. The fraction of sp³-hybridized carbons (Fsp3) is 0.960. The smallest absolute Gasteiger partial charge is 0.306 e. The molecular weight excluding hydrogens is 665 g/mol. The molecule has 0 aromatic heterocycles. The maximum Gasteiger partial charge on any atom is 0.306 e. The number of ether oxygens (including phenoxy) is 1. The second-order valence-electron chi connectivity index (χ2n) is 17.4. The Hall–Kier alpha value is -1.06. The number of carboxylic acids is 1. The van der Waals surface area contributed by atoms with Gasteiger partial charge in [0, 0.05) is 12.8 Å². The quantitative estimate of drug-likeness (QED) is 0.0495. The van der Waals surface area contributed by atoms with Gasteiger partial charge in [-0.25, -0.2) is 0 Å². The molecule has 4 nitrogen and oxygen atoms in total. The predicted molar refractivity (Wildman–Crippen MR) is 237 cm³/mol. The molecule has 0 saturated heterocycles. The first-order valence-electron chi connectivity index (χ1n) is 25.0. The Bertz CT molecular complexity index is 736. The van der Waals surface area contributed by atoms with Crippen LogP contribution in [0.5, 0.6) is 0 Å². The van der Waals surface area contributed by atoms with Crippen molar-refractivity contribution >= 4 is 11.9 Å². The lowest BCUT2D eigenvalue weighted by atomic mass is 10.0. The van der Waals surface area contributed by atoms with Gasteiger partial charge in [-0.2, -0.15) is 0 Å². The number of carbonyl (C=O) groups is 2. The Morgan fingerprint density at radius 3 is 0.815 bits per heavy atom. The maximum absolute atomic E-state index is 12.8. The van der Waals surface area contributed by atoms with Crippen molar-refractivity contribution in [2.75, 3.05) is 0 Å². The Morgan fingerprint density at radius 2 is 0.556 bits per heavy atom. The predicted octanol–water partition coefficient (Wildman–Crippen LogP) is 17.6. The molecule has 0 aromatic carbocycles. The summed E-state index contributed by atoms with van der Waals surface area (Å²) in [5, 5.41) is 8.86. The van der Waals surface area contributed by atoms with E-state index in [1.54, 1.807) is 0 Å². The fourth-order valence-electron chi connectivity index (χ4n) is 8.13. The minimum absolute atomic E-state index is 0.0141. The van der Waals surface area contributed by atoms with Gasteiger partial charge in [0.05, 0.1) is 0 Å². The van der Waals surface area contributed by atoms with Crippen LogP contribution in [0.25, 0.3) is 0 Å². The van der Waals surface area contributed by atoms with E-state index < -0.39 is 5.97 Å². The van der Waals surface area contributed by atoms with E-state index in [-0.39, 0.29) is 18.5 Å². The summed E-state index contributed by atoms with van der Waals surface area (Å²) >= 11 is 0. The van der Waals surface area contributed by atoms with Gasteiger partial charge in [-0.05, 0) is 38.5 Å². The molecule has 4 heteroatoms. The summed E-state index contributed by atoms with van der Waals surface area (Å²) in [6, 6.07) is 0. The lowest BCUT2D eigenvalue weighted by Gasteiger charge is -2.18. The zero-order chi connectivity index (χ0) is 39.3. The minimum Gasteiger partial charge on any atom is -0.481 e. The molecule has 0 heterocycles. The Balaban J connectivity index is 3.87. The van der Waals surface area contributed by atoms with E-state index in [1.165, 1.54) is 212 Å². The third-order valence-electron chi connectivity index (χ3n) is 11.8. The largest absolute Gasteiger partial charge is 0.481 e. The van der Waals surface area contributed by atoms with Crippen LogP contribution in [0, 0.1) is 0 Å². The second kappa shape index (κ2) is 46.3. The van der Waals surface area contributed by atoms with E-state index in [0.717, 1.165) is 64.2 Å². The number of hydrogen-bond acceptors (Lipinski definition) is 3. The van der Waals surface area contributed by atoms with E-state index >= 15 is 0 Å². The van der Waals surface area contributed by atoms with E-state index in [9.17, 15) is 9.59 Å². The lowest BCUT2D eigenvalue weighted by Crippen LogP contribution is -2.18. The van der Waals surface area contributed by atoms with Crippen molar-refractivity contribution in [1.82, 2.24) is 0 Å². The molecule has 1 N–H and O–H groups in total. The summed E-state index contributed by atoms with van der Waals surface area (Å²) in [6.07, 6.45) is 57.3. The molecule has 0 bridgehead atoms. The first-order valence-corrected chi connectivity index (χ1v) is 25.0. The van der Waals surface area contributed by atoms with Gasteiger partial charge in [0.15, 0.2) is 0 Å². The molecule has 322 valence electrons. The van der Waals surface area contributed by atoms with Crippen molar-refractivity contribution in [3.8, 4) is 0 Å². The molecule has 0 aliphatic carbocycles. The van der Waals surface area contributed by atoms with Gasteiger partial charge < -0.3 is 9.84 Å². The van der Waals surface area contributed by atoms with Gasteiger partial charge in [0.2, 0.25) is 0 Å². The monoisotopic (exact) mass is 763 g/mol. The van der Waals surface area contributed by atoms with Gasteiger partial charge in [-0.1, -0.05) is 251 Å². The van der Waals surface area contributed by atoms with Crippen molar-refractivity contribution in [2.24, 2.45) is 0 Å². The highest BCUT2D eigenvalue weighted by atomic mass is 16.5. The molecule has 0 saturated carbocycles. The topological polar surface area (TPSA) is 63.6 Å². The van der Waals surface area contributed by atoms with Crippen LogP contribution in [0.1, 0.15) is 303 Å². The van der Waals surface area contributed by atoms with Crippen molar-refractivity contribution in [3.63, 3.8) is 0 Å². The molecule has 0 radical (unpaired) electrons. The average Bonchev–Trinajstić information content (AvgIpc) is 3.16. The number of esters is 1. The summed E-state index contributed by atoms with van der Waals surface area (Å²) in [5.74, 6) is -0.680. The van der Waals surface area contributed by atoms with Crippen LogP contribution >= 0.6 is 0 Å². The molecule has 0 spiro atoms. The van der Waals surface area contributed by atoms with E-state index in [4.69, 9.17) is 9.84 Å². The van der Waals surface area contributed by atoms with Crippen molar-refractivity contribution in [1.29, 1.82) is 0 Å². The molecule has 54 heavy (non-hydrogen) atoms. The summed E-state index contributed by atoms with van der Waals surface area (Å²) in [6.45, 7) is 4.59. The van der Waals surface area contributed by atoms with E-state index in [2.05, 4.69) is 13.8 Å². The summed E-state index contributed by atoms with van der Waals surface area (Å²) in [7, 11) is 0. The fourth-order valence-corrected chi connectivity index (χ4v) is 8.13. The molecule has 0 aliphatic heterocycles. The normalized spacial score (nSPS) is 12.0. The summed E-state index contributed by atoms with van der Waals surface area (Å²) in [4.78, 5) is 23.5. The number of carboxylic acid groups (broad SMARTS) is 1. The van der Waals surface area contributed by atoms with Crippen molar-refractivity contribution in [2.45, 2.75) is 309 Å². The molecule has 0 amide bonds. The number of hydrogen-bond donors (Lipinski definition) is 1. The van der Waals surface area contributed by atoms with Gasteiger partial charge in [-0.15, -0.1) is 0 Å². The zero-order valence-corrected chi connectivity index (χ0v) is 37.1. The third kappa shape index (κ3) is 45.3. The van der Waals surface area contributed by atoms with Gasteiger partial charge in [0.1, 0.15) is 6.10 Å². The minimum atomic E-state index is -0.694. The van der Waals surface area contributed by atoms with Gasteiger partial charge >= 0.3 is 11.9 Å². The molecule has 1 unspecified atom stereocenters. The van der Waals surface area contributed by atoms with Crippen LogP contribution in [-0.4, -0.2) is 23.1 Å². The van der Waals surface area contributed by atoms with Crippen LogP contribution in [0.4, 0.5) is 0 Å². The standard InChI is InChI=1S/C50H98O4/c1-3-5-7-9-11-13-15-17-19-20-21-22-23-24-26-28-30-32-34-39-43-47-50(53)54-48(45-41-37-35-38-42-46-49(51)52)44-40-36-33-31-29-27-25-18-16-14-12-10-8-6-4-2/h48H,3-47H2,1-2H3,(H,51,52). The van der Waals surface area contributed by atoms with Crippen LogP contribution in [0.3, 0.4) is 0 Å². The Kier molecular flexibility index (Phi) is 45.4. The third-order valence-corrected chi connectivity index (χ3v) is 11.8. The van der Waals surface area contributed by atoms with Crippen LogP contribution in [-0.2, 0) is 14.3 Å². The van der Waals surface area contributed by atoms with Gasteiger partial charge in [0.25, 0.3) is 0 Å². The highest BCUT2D eigenvalue weighted by molar-refractivity contribution is 5.69. The van der Waals surface area contributed by atoms with Crippen molar-refractivity contribution in [3.05, 3.63) is 0 Å². The zero-order valence-electron chi connectivity index (χ0n) is 37.1. The second-order valence-corrected chi connectivity index (χ2v) is 17.4. The van der Waals surface area contributed by atoms with Crippen LogP contribution < -0.4 is 0 Å². The molecule has 1 atom stereocenters. The molecular formula is C50H98O4. The molecule has 0 rings (SSSR count). The van der Waals surface area contributed by atoms with Crippen LogP contribution in [0.15, 0.2) is 0 Å². The van der Waals surface area contributed by atoms with Crippen molar-refractivity contribution < 1.29 is 19.4 Å². The highest BCUT2D eigenvalue weighted by Gasteiger charge is 2.14. The Morgan fingerprint density at radius 1 is 0.333 bits per heavy atom. The summed E-state index contributed by atoms with van der Waals surface area (Å²) < 4.78 is 6.06. The maximum atomic E-state index is 12.8. The first kappa shape index (κ1) is 52.9. The number of carbonyl (C=O) groups excluding carboxylic acids is 1. The van der Waals surface area contributed by atoms with E-state index in [1.807, 2.05) is 0 Å². The Labute approximate surface area is 339 Å². The molecule has 0 aliphatic rings. The number of unbranched alkanes of at least 4 members (excludes halogenated alkanes) is 38. The van der Waals surface area contributed by atoms with Gasteiger partial charge in [-0.3, -0.25) is 9.59 Å². The number of aliphatic carboxylic acids is 1. The molecule has 0 fully saturated rings. The lowest BCUT2D eigenvalue weighted by molar-refractivity contribution is -0.150. The average molecular weight is 763 g/mol. The number of rotatable bonds is 47. The SMILES string of the molecule is CCCCCCCCCCCCCCCCCCCCCCCC(=O)OC(CCCCCCCCCCCCCCCCC)CCCCCCCC(=O)O. The van der Waals surface area contributed by atoms with E-state index in [0.29, 0.717) is 6.42 Å². The van der Waals surface area contributed by atoms with Crippen LogP contribution in [0.2, 0.25) is 0 Å².